The number of aliphatic imine (C=N–C) groups is 1. The average molecular weight is 408 g/mol. The zero-order chi connectivity index (χ0) is 20.2. The van der Waals surface area contributed by atoms with E-state index in [1.165, 1.54) is 12.1 Å². The van der Waals surface area contributed by atoms with Gasteiger partial charge in [-0.1, -0.05) is 60.1 Å². The van der Waals surface area contributed by atoms with Crippen LogP contribution < -0.4 is 4.74 Å². The largest absolute Gasteiger partial charge is 0.488 e. The summed E-state index contributed by atoms with van der Waals surface area (Å²) in [6, 6.07) is 20.6. The molecule has 0 aromatic heterocycles. The number of nitrogens with zero attached hydrogens (tertiary/aromatic N) is 1. The van der Waals surface area contributed by atoms with E-state index in [1.807, 2.05) is 30.3 Å². The first-order valence-corrected chi connectivity index (χ1v) is 9.22. The predicted octanol–water partition coefficient (Wildman–Crippen LogP) is 5.40. The second-order valence-corrected chi connectivity index (χ2v) is 6.64. The molecule has 0 amide bonds. The highest BCUT2D eigenvalue weighted by molar-refractivity contribution is 6.31. The highest BCUT2D eigenvalue weighted by Crippen LogP contribution is 2.26. The van der Waals surface area contributed by atoms with Gasteiger partial charge in [-0.25, -0.2) is 14.2 Å². The quantitative estimate of drug-likeness (QED) is 0.420. The lowest BCUT2D eigenvalue weighted by atomic mass is 10.1. The predicted molar refractivity (Wildman–Crippen MR) is 109 cm³/mol. The van der Waals surface area contributed by atoms with E-state index in [0.717, 1.165) is 5.56 Å². The van der Waals surface area contributed by atoms with Crippen LogP contribution >= 0.6 is 11.6 Å². The van der Waals surface area contributed by atoms with E-state index in [1.54, 1.807) is 36.4 Å². The number of ether oxygens (including phenoxy) is 2. The van der Waals surface area contributed by atoms with Crippen LogP contribution in [0.5, 0.6) is 5.75 Å². The van der Waals surface area contributed by atoms with Crippen molar-refractivity contribution in [3.8, 4) is 5.75 Å². The molecule has 0 saturated carbocycles. The number of hydrogen-bond donors (Lipinski definition) is 0. The van der Waals surface area contributed by atoms with Crippen molar-refractivity contribution < 1.29 is 18.7 Å². The summed E-state index contributed by atoms with van der Waals surface area (Å²) < 4.78 is 25.0. The monoisotopic (exact) mass is 407 g/mol. The van der Waals surface area contributed by atoms with Crippen LogP contribution in [0.4, 0.5) is 4.39 Å². The van der Waals surface area contributed by atoms with E-state index >= 15 is 0 Å². The van der Waals surface area contributed by atoms with E-state index in [9.17, 15) is 9.18 Å². The highest BCUT2D eigenvalue weighted by atomic mass is 35.5. The van der Waals surface area contributed by atoms with Crippen LogP contribution in [0.15, 0.2) is 83.5 Å². The third-order valence-corrected chi connectivity index (χ3v) is 4.65. The molecule has 4 rings (SSSR count). The van der Waals surface area contributed by atoms with Crippen LogP contribution in [0.25, 0.3) is 6.08 Å². The number of esters is 1. The van der Waals surface area contributed by atoms with Gasteiger partial charge < -0.3 is 9.47 Å². The van der Waals surface area contributed by atoms with Gasteiger partial charge in [-0.2, -0.15) is 0 Å². The molecule has 0 atom stereocenters. The SMILES string of the molecule is O=C1OC(c2ccccc2F)=N/C1=C/c1ccccc1OCc1ccccc1Cl. The number of rotatable bonds is 5. The first-order valence-electron chi connectivity index (χ1n) is 8.84. The van der Waals surface area contributed by atoms with Crippen molar-refractivity contribution in [1.29, 1.82) is 0 Å². The number of hydrogen-bond acceptors (Lipinski definition) is 4. The molecule has 0 saturated heterocycles. The Hall–Kier alpha value is -3.44. The molecule has 6 heteroatoms. The number of cyclic esters (lactones) is 1. The van der Waals surface area contributed by atoms with E-state index in [2.05, 4.69) is 4.99 Å². The standard InChI is InChI=1S/C23H15ClFNO3/c24-18-10-4-1-8-16(18)14-28-21-12-6-2-7-15(21)13-20-23(27)29-22(26-20)17-9-3-5-11-19(17)25/h1-13H,14H2/b20-13+. The van der Waals surface area contributed by atoms with Crippen molar-refractivity contribution in [3.63, 3.8) is 0 Å². The summed E-state index contributed by atoms with van der Waals surface area (Å²) in [7, 11) is 0. The Kier molecular flexibility index (Phi) is 5.40. The molecule has 1 aliphatic heterocycles. The lowest BCUT2D eigenvalue weighted by Gasteiger charge is -2.10. The highest BCUT2D eigenvalue weighted by Gasteiger charge is 2.26. The van der Waals surface area contributed by atoms with Crippen molar-refractivity contribution >= 4 is 29.5 Å². The molecular formula is C23H15ClFNO3. The number of carbonyl (C=O) groups is 1. The van der Waals surface area contributed by atoms with Gasteiger partial charge in [0, 0.05) is 16.1 Å². The molecule has 0 N–H and O–H groups in total. The number of halogens is 2. The smallest absolute Gasteiger partial charge is 0.363 e. The van der Waals surface area contributed by atoms with Crippen LogP contribution in [-0.4, -0.2) is 11.9 Å². The number of para-hydroxylation sites is 1. The van der Waals surface area contributed by atoms with Gasteiger partial charge in [0.05, 0.1) is 5.56 Å². The van der Waals surface area contributed by atoms with Crippen molar-refractivity contribution in [2.45, 2.75) is 6.61 Å². The zero-order valence-corrected chi connectivity index (χ0v) is 15.9. The Morgan fingerprint density at radius 2 is 1.72 bits per heavy atom. The van der Waals surface area contributed by atoms with Gasteiger partial charge in [-0.3, -0.25) is 0 Å². The number of benzene rings is 3. The molecule has 0 unspecified atom stereocenters. The maximum Gasteiger partial charge on any atom is 0.363 e. The minimum Gasteiger partial charge on any atom is -0.488 e. The summed E-state index contributed by atoms with van der Waals surface area (Å²) in [6.07, 6.45) is 1.55. The van der Waals surface area contributed by atoms with Crippen molar-refractivity contribution in [2.75, 3.05) is 0 Å². The summed E-state index contributed by atoms with van der Waals surface area (Å²) in [5.41, 5.74) is 1.69. The molecule has 3 aromatic rings. The third kappa shape index (κ3) is 4.20. The topological polar surface area (TPSA) is 47.9 Å². The summed E-state index contributed by atoms with van der Waals surface area (Å²) in [5, 5.41) is 0.613. The molecule has 4 nitrogen and oxygen atoms in total. The van der Waals surface area contributed by atoms with Gasteiger partial charge in [-0.05, 0) is 30.3 Å². The van der Waals surface area contributed by atoms with E-state index < -0.39 is 11.8 Å². The minimum absolute atomic E-state index is 0.0613. The second kappa shape index (κ2) is 8.29. The van der Waals surface area contributed by atoms with Gasteiger partial charge in [0.2, 0.25) is 5.90 Å². The lowest BCUT2D eigenvalue weighted by molar-refractivity contribution is -0.129. The molecule has 29 heavy (non-hydrogen) atoms. The third-order valence-electron chi connectivity index (χ3n) is 4.28. The van der Waals surface area contributed by atoms with Crippen LogP contribution in [0.3, 0.4) is 0 Å². The van der Waals surface area contributed by atoms with E-state index in [4.69, 9.17) is 21.1 Å². The maximum absolute atomic E-state index is 14.0. The molecule has 1 heterocycles. The van der Waals surface area contributed by atoms with Gasteiger partial charge in [0.15, 0.2) is 5.70 Å². The maximum atomic E-state index is 14.0. The summed E-state index contributed by atoms with van der Waals surface area (Å²) >= 11 is 6.17. The van der Waals surface area contributed by atoms with Gasteiger partial charge in [-0.15, -0.1) is 0 Å². The van der Waals surface area contributed by atoms with Crippen molar-refractivity contribution in [2.24, 2.45) is 4.99 Å². The first kappa shape index (κ1) is 18.9. The van der Waals surface area contributed by atoms with E-state index in [-0.39, 0.29) is 23.8 Å². The van der Waals surface area contributed by atoms with Gasteiger partial charge in [0.25, 0.3) is 0 Å². The van der Waals surface area contributed by atoms with Crippen molar-refractivity contribution in [3.05, 3.63) is 106 Å². The van der Waals surface area contributed by atoms with Crippen molar-refractivity contribution in [1.82, 2.24) is 0 Å². The molecule has 0 bridgehead atoms. The molecule has 1 aliphatic rings. The molecule has 3 aromatic carbocycles. The number of carbonyl (C=O) groups excluding carboxylic acids is 1. The van der Waals surface area contributed by atoms with Crippen LogP contribution in [-0.2, 0) is 16.1 Å². The Bertz CT molecular complexity index is 1140. The molecular weight excluding hydrogens is 393 g/mol. The van der Waals surface area contributed by atoms with Gasteiger partial charge >= 0.3 is 5.97 Å². The Balaban J connectivity index is 1.61. The van der Waals surface area contributed by atoms with Crippen LogP contribution in [0, 0.1) is 5.82 Å². The zero-order valence-electron chi connectivity index (χ0n) is 15.1. The molecule has 0 radical (unpaired) electrons. The molecule has 0 spiro atoms. The van der Waals surface area contributed by atoms with E-state index in [0.29, 0.717) is 16.3 Å². The summed E-state index contributed by atoms with van der Waals surface area (Å²) in [6.45, 7) is 0.272. The first-order chi connectivity index (χ1) is 14.1. The molecule has 0 aliphatic carbocycles. The Morgan fingerprint density at radius 3 is 2.55 bits per heavy atom. The summed E-state index contributed by atoms with van der Waals surface area (Å²) in [4.78, 5) is 16.4. The second-order valence-electron chi connectivity index (χ2n) is 6.23. The molecule has 0 fully saturated rings. The van der Waals surface area contributed by atoms with Crippen LogP contribution in [0.2, 0.25) is 5.02 Å². The summed E-state index contributed by atoms with van der Waals surface area (Å²) in [5.74, 6) is -0.663. The van der Waals surface area contributed by atoms with Crippen LogP contribution in [0.1, 0.15) is 16.7 Å². The fraction of sp³-hybridized carbons (Fsp3) is 0.0435. The Morgan fingerprint density at radius 1 is 1.00 bits per heavy atom. The minimum atomic E-state index is -0.649. The Labute approximate surface area is 171 Å². The molecule has 144 valence electrons. The fourth-order valence-electron chi connectivity index (χ4n) is 2.81. The average Bonchev–Trinajstić information content (AvgIpc) is 3.09. The lowest BCUT2D eigenvalue weighted by Crippen LogP contribution is -2.07. The fourth-order valence-corrected chi connectivity index (χ4v) is 3.00. The normalized spacial score (nSPS) is 14.6. The van der Waals surface area contributed by atoms with Gasteiger partial charge in [0.1, 0.15) is 18.2 Å².